The van der Waals surface area contributed by atoms with E-state index in [1.54, 1.807) is 6.07 Å². The third kappa shape index (κ3) is 3.20. The van der Waals surface area contributed by atoms with E-state index in [0.29, 0.717) is 28.3 Å². The summed E-state index contributed by atoms with van der Waals surface area (Å²) in [6, 6.07) is 1.48. The number of rotatable bonds is 4. The number of methoxy groups -OCH3 is 1. The van der Waals surface area contributed by atoms with Crippen LogP contribution >= 0.6 is 0 Å². The zero-order valence-electron chi connectivity index (χ0n) is 13.1. The maximum Gasteiger partial charge on any atom is 0.320 e. The Labute approximate surface area is 133 Å². The zero-order valence-corrected chi connectivity index (χ0v) is 13.1. The minimum absolute atomic E-state index is 0.133. The Balaban J connectivity index is 1.76. The Kier molecular flexibility index (Phi) is 4.30. The molecule has 23 heavy (non-hydrogen) atoms. The lowest BCUT2D eigenvalue weighted by Gasteiger charge is -2.14. The minimum atomic E-state index is -0.312. The van der Waals surface area contributed by atoms with Gasteiger partial charge in [0.25, 0.3) is 0 Å². The highest BCUT2D eigenvalue weighted by molar-refractivity contribution is 5.93. The summed E-state index contributed by atoms with van der Waals surface area (Å²) in [4.78, 5) is 18.5. The molecular weight excluding hydrogens is 300 g/mol. The zero-order chi connectivity index (χ0) is 16.4. The molecule has 0 saturated carbocycles. The highest BCUT2D eigenvalue weighted by Gasteiger charge is 2.21. The molecule has 1 fully saturated rings. The number of aliphatic hydroxyl groups is 1. The lowest BCUT2D eigenvalue weighted by Crippen LogP contribution is -2.39. The number of fused-ring (bicyclic) bond motifs is 1. The van der Waals surface area contributed by atoms with Gasteiger partial charge in [0.2, 0.25) is 5.88 Å². The molecule has 0 unspecified atom stereocenters. The smallest absolute Gasteiger partial charge is 0.320 e. The van der Waals surface area contributed by atoms with E-state index in [1.807, 2.05) is 7.05 Å². The summed E-state index contributed by atoms with van der Waals surface area (Å²) in [6.07, 6.45) is 0.927. The Hall–Kier alpha value is -2.39. The number of carbonyl (C=O) groups excluding carboxylic acids is 1. The molecule has 1 aliphatic rings. The van der Waals surface area contributed by atoms with Crippen molar-refractivity contribution in [3.63, 3.8) is 0 Å². The maximum atomic E-state index is 12.1. The van der Waals surface area contributed by atoms with Gasteiger partial charge < -0.3 is 20.1 Å². The Morgan fingerprint density at radius 1 is 1.61 bits per heavy atom. The summed E-state index contributed by atoms with van der Waals surface area (Å²) in [5.41, 5.74) is 1.03. The van der Waals surface area contributed by atoms with Crippen LogP contribution < -0.4 is 15.4 Å². The van der Waals surface area contributed by atoms with Crippen molar-refractivity contribution in [2.45, 2.75) is 19.1 Å². The maximum absolute atomic E-state index is 12.1. The average molecular weight is 320 g/mol. The number of pyridine rings is 1. The SMILES string of the molecule is COc1n[nH]c2cc(NC(=O)N[C@H]3CCN(C)C3)nc(CO)c12. The van der Waals surface area contributed by atoms with Crippen molar-refractivity contribution >= 4 is 22.8 Å². The first kappa shape index (κ1) is 15.5. The monoisotopic (exact) mass is 320 g/mol. The summed E-state index contributed by atoms with van der Waals surface area (Å²) in [6.45, 7) is 1.52. The molecule has 2 amide bonds. The van der Waals surface area contributed by atoms with Crippen molar-refractivity contribution in [3.8, 4) is 5.88 Å². The number of likely N-dealkylation sites (tertiary alicyclic amines) is 1. The summed E-state index contributed by atoms with van der Waals surface area (Å²) >= 11 is 0. The molecule has 1 aliphatic heterocycles. The molecule has 1 atom stereocenters. The number of H-pyrrole nitrogens is 1. The minimum Gasteiger partial charge on any atom is -0.479 e. The summed E-state index contributed by atoms with van der Waals surface area (Å²) in [5, 5.41) is 22.5. The third-order valence-corrected chi connectivity index (χ3v) is 3.90. The lowest BCUT2D eigenvalue weighted by molar-refractivity contribution is 0.248. The van der Waals surface area contributed by atoms with Gasteiger partial charge in [-0.25, -0.2) is 9.78 Å². The number of anilines is 1. The number of hydrogen-bond donors (Lipinski definition) is 4. The predicted molar refractivity (Wildman–Crippen MR) is 84.4 cm³/mol. The number of ether oxygens (including phenoxy) is 1. The van der Waals surface area contributed by atoms with Crippen molar-refractivity contribution < 1.29 is 14.6 Å². The number of carbonyl (C=O) groups is 1. The quantitative estimate of drug-likeness (QED) is 0.643. The molecule has 9 heteroatoms. The topological polar surface area (TPSA) is 115 Å². The molecule has 0 bridgehead atoms. The molecule has 9 nitrogen and oxygen atoms in total. The van der Waals surface area contributed by atoms with Crippen molar-refractivity contribution in [2.75, 3.05) is 32.6 Å². The van der Waals surface area contributed by atoms with Gasteiger partial charge in [0.05, 0.1) is 30.3 Å². The molecule has 0 radical (unpaired) electrons. The molecule has 2 aromatic rings. The molecule has 3 rings (SSSR count). The first-order valence-corrected chi connectivity index (χ1v) is 7.39. The van der Waals surface area contributed by atoms with E-state index in [4.69, 9.17) is 4.74 Å². The number of amides is 2. The third-order valence-electron chi connectivity index (χ3n) is 3.90. The van der Waals surface area contributed by atoms with Gasteiger partial charge in [-0.3, -0.25) is 10.4 Å². The molecular formula is C14H20N6O3. The van der Waals surface area contributed by atoms with E-state index in [-0.39, 0.29) is 18.7 Å². The number of likely N-dealkylation sites (N-methyl/N-ethyl adjacent to an activating group) is 1. The fourth-order valence-corrected chi connectivity index (χ4v) is 2.81. The van der Waals surface area contributed by atoms with E-state index >= 15 is 0 Å². The normalized spacial score (nSPS) is 18.3. The van der Waals surface area contributed by atoms with Gasteiger partial charge in [-0.1, -0.05) is 0 Å². The largest absolute Gasteiger partial charge is 0.479 e. The highest BCUT2D eigenvalue weighted by Crippen LogP contribution is 2.27. The van der Waals surface area contributed by atoms with E-state index in [9.17, 15) is 9.90 Å². The van der Waals surface area contributed by atoms with E-state index in [0.717, 1.165) is 19.5 Å². The number of nitrogens with one attached hydrogen (secondary N) is 3. The van der Waals surface area contributed by atoms with Crippen LogP contribution in [0, 0.1) is 0 Å². The van der Waals surface area contributed by atoms with Crippen molar-refractivity contribution in [2.24, 2.45) is 0 Å². The van der Waals surface area contributed by atoms with Crippen LogP contribution in [0.4, 0.5) is 10.6 Å². The van der Waals surface area contributed by atoms with E-state index < -0.39 is 0 Å². The van der Waals surface area contributed by atoms with Crippen LogP contribution in [0.1, 0.15) is 12.1 Å². The molecule has 124 valence electrons. The van der Waals surface area contributed by atoms with Gasteiger partial charge in [0, 0.05) is 18.7 Å². The van der Waals surface area contributed by atoms with Crippen LogP contribution in [-0.2, 0) is 6.61 Å². The molecule has 0 aliphatic carbocycles. The van der Waals surface area contributed by atoms with Gasteiger partial charge >= 0.3 is 6.03 Å². The number of nitrogens with zero attached hydrogens (tertiary/aromatic N) is 3. The van der Waals surface area contributed by atoms with E-state index in [2.05, 4.69) is 30.7 Å². The highest BCUT2D eigenvalue weighted by atomic mass is 16.5. The number of aromatic amines is 1. The molecule has 2 aromatic heterocycles. The van der Waals surface area contributed by atoms with Crippen molar-refractivity contribution in [3.05, 3.63) is 11.8 Å². The molecule has 4 N–H and O–H groups in total. The van der Waals surface area contributed by atoms with Crippen LogP contribution in [0.5, 0.6) is 5.88 Å². The van der Waals surface area contributed by atoms with Crippen LogP contribution in [0.3, 0.4) is 0 Å². The predicted octanol–water partition coefficient (Wildman–Crippen LogP) is 0.284. The first-order chi connectivity index (χ1) is 11.1. The second kappa shape index (κ2) is 6.39. The van der Waals surface area contributed by atoms with Crippen molar-refractivity contribution in [1.82, 2.24) is 25.4 Å². The van der Waals surface area contributed by atoms with Gasteiger partial charge in [0.1, 0.15) is 5.82 Å². The number of urea groups is 1. The fraction of sp³-hybridized carbons (Fsp3) is 0.500. The van der Waals surface area contributed by atoms with Crippen LogP contribution in [-0.4, -0.2) is 64.5 Å². The summed E-state index contributed by atoms with van der Waals surface area (Å²) < 4.78 is 5.13. The van der Waals surface area contributed by atoms with Gasteiger partial charge in [-0.15, -0.1) is 5.10 Å². The Bertz CT molecular complexity index is 716. The van der Waals surface area contributed by atoms with Gasteiger partial charge in [-0.05, 0) is 20.0 Å². The number of hydrogen-bond acceptors (Lipinski definition) is 6. The number of aliphatic hydroxyl groups excluding tert-OH is 1. The van der Waals surface area contributed by atoms with Gasteiger partial charge in [-0.2, -0.15) is 0 Å². The first-order valence-electron chi connectivity index (χ1n) is 7.39. The Morgan fingerprint density at radius 2 is 2.43 bits per heavy atom. The summed E-state index contributed by atoms with van der Waals surface area (Å²) in [7, 11) is 3.52. The second-order valence-electron chi connectivity index (χ2n) is 5.61. The molecule has 0 aromatic carbocycles. The van der Waals surface area contributed by atoms with Crippen LogP contribution in [0.2, 0.25) is 0 Å². The summed E-state index contributed by atoms with van der Waals surface area (Å²) in [5.74, 6) is 0.707. The van der Waals surface area contributed by atoms with Crippen LogP contribution in [0.25, 0.3) is 10.9 Å². The second-order valence-corrected chi connectivity index (χ2v) is 5.61. The van der Waals surface area contributed by atoms with E-state index in [1.165, 1.54) is 7.11 Å². The van der Waals surface area contributed by atoms with Crippen LogP contribution in [0.15, 0.2) is 6.07 Å². The molecule has 3 heterocycles. The average Bonchev–Trinajstić information content (AvgIpc) is 3.12. The fourth-order valence-electron chi connectivity index (χ4n) is 2.81. The lowest BCUT2D eigenvalue weighted by atomic mass is 10.2. The molecule has 1 saturated heterocycles. The van der Waals surface area contributed by atoms with Crippen molar-refractivity contribution in [1.29, 1.82) is 0 Å². The Morgan fingerprint density at radius 3 is 3.09 bits per heavy atom. The number of aromatic nitrogens is 3. The van der Waals surface area contributed by atoms with Gasteiger partial charge in [0.15, 0.2) is 0 Å². The molecule has 0 spiro atoms. The standard InChI is InChI=1S/C14H20N6O3/c1-20-4-3-8(6-20)15-14(22)17-11-5-9-12(10(7-21)16-11)13(23-2)19-18-9/h5,8,21H,3-4,6-7H2,1-2H3,(H,18,19)(H2,15,16,17,22)/t8-/m0/s1.